The van der Waals surface area contributed by atoms with Gasteiger partial charge in [0.15, 0.2) is 5.16 Å². The smallest absolute Gasteiger partial charge is 0.236 e. The molecule has 4 rings (SSSR count). The summed E-state index contributed by atoms with van der Waals surface area (Å²) >= 11 is 8.70. The standard InChI is InChI=1S/C20H17ClN6OS2/c1-13-23-25-19(30-13)22-18(28)12-29-20-26-24-17(11-14-5-3-2-4-6-14)27(20)16-9-7-15(21)8-10-16/h2-10H,11-12H2,1H3,(H,22,25,28). The maximum Gasteiger partial charge on any atom is 0.236 e. The Balaban J connectivity index is 1.55. The molecule has 0 fully saturated rings. The highest BCUT2D eigenvalue weighted by atomic mass is 35.5. The Labute approximate surface area is 186 Å². The summed E-state index contributed by atoms with van der Waals surface area (Å²) in [6, 6.07) is 17.5. The van der Waals surface area contributed by atoms with Gasteiger partial charge in [0.1, 0.15) is 10.8 Å². The molecule has 10 heteroatoms. The van der Waals surface area contributed by atoms with Gasteiger partial charge in [0, 0.05) is 17.1 Å². The molecule has 0 bridgehead atoms. The Morgan fingerprint density at radius 3 is 2.53 bits per heavy atom. The first kappa shape index (κ1) is 20.5. The first-order valence-electron chi connectivity index (χ1n) is 9.05. The molecule has 7 nitrogen and oxygen atoms in total. The number of hydrogen-bond acceptors (Lipinski definition) is 7. The second kappa shape index (κ2) is 9.38. The van der Waals surface area contributed by atoms with Crippen molar-refractivity contribution in [1.29, 1.82) is 0 Å². The fraction of sp³-hybridized carbons (Fsp3) is 0.150. The van der Waals surface area contributed by atoms with Crippen molar-refractivity contribution in [3.8, 4) is 5.69 Å². The van der Waals surface area contributed by atoms with Crippen LogP contribution >= 0.6 is 34.7 Å². The summed E-state index contributed by atoms with van der Waals surface area (Å²) < 4.78 is 1.95. The minimum atomic E-state index is -0.175. The zero-order chi connectivity index (χ0) is 20.9. The van der Waals surface area contributed by atoms with Gasteiger partial charge in [0.2, 0.25) is 11.0 Å². The van der Waals surface area contributed by atoms with E-state index in [-0.39, 0.29) is 11.7 Å². The maximum absolute atomic E-state index is 12.3. The summed E-state index contributed by atoms with van der Waals surface area (Å²) in [5, 5.41) is 21.9. The zero-order valence-corrected chi connectivity index (χ0v) is 18.3. The molecule has 0 aliphatic carbocycles. The predicted molar refractivity (Wildman–Crippen MR) is 120 cm³/mol. The summed E-state index contributed by atoms with van der Waals surface area (Å²) in [5.74, 6) is 0.785. The number of nitrogens with one attached hydrogen (secondary N) is 1. The van der Waals surface area contributed by atoms with Crippen LogP contribution in [0, 0.1) is 6.92 Å². The summed E-state index contributed by atoms with van der Waals surface area (Å²) in [6.45, 7) is 1.84. The number of aryl methyl sites for hydroxylation is 1. The van der Waals surface area contributed by atoms with Crippen LogP contribution in [0.1, 0.15) is 16.4 Å². The van der Waals surface area contributed by atoms with E-state index in [1.54, 1.807) is 0 Å². The number of hydrogen-bond donors (Lipinski definition) is 1. The molecule has 152 valence electrons. The number of carbonyl (C=O) groups is 1. The van der Waals surface area contributed by atoms with Crippen molar-refractivity contribution in [2.45, 2.75) is 18.5 Å². The van der Waals surface area contributed by atoms with E-state index < -0.39 is 0 Å². The fourth-order valence-corrected chi connectivity index (χ4v) is 4.27. The molecule has 1 amide bonds. The van der Waals surface area contributed by atoms with Gasteiger partial charge < -0.3 is 0 Å². The van der Waals surface area contributed by atoms with Gasteiger partial charge in [-0.3, -0.25) is 14.7 Å². The molecule has 0 saturated heterocycles. The Bertz CT molecular complexity index is 1140. The largest absolute Gasteiger partial charge is 0.300 e. The lowest BCUT2D eigenvalue weighted by Gasteiger charge is -2.10. The van der Waals surface area contributed by atoms with Crippen molar-refractivity contribution < 1.29 is 4.79 Å². The molecule has 0 spiro atoms. The molecule has 0 aliphatic rings. The van der Waals surface area contributed by atoms with Gasteiger partial charge in [0.05, 0.1) is 5.75 Å². The van der Waals surface area contributed by atoms with Gasteiger partial charge in [0.25, 0.3) is 0 Å². The highest BCUT2D eigenvalue weighted by Gasteiger charge is 2.17. The van der Waals surface area contributed by atoms with Crippen molar-refractivity contribution in [3.63, 3.8) is 0 Å². The highest BCUT2D eigenvalue weighted by Crippen LogP contribution is 2.25. The van der Waals surface area contributed by atoms with Crippen LogP contribution in [0.2, 0.25) is 5.02 Å². The van der Waals surface area contributed by atoms with Gasteiger partial charge in [-0.15, -0.1) is 20.4 Å². The number of halogens is 1. The van der Waals surface area contributed by atoms with E-state index >= 15 is 0 Å². The molecule has 4 aromatic rings. The zero-order valence-electron chi connectivity index (χ0n) is 15.9. The molecule has 0 radical (unpaired) electrons. The van der Waals surface area contributed by atoms with Crippen molar-refractivity contribution in [3.05, 3.63) is 76.0 Å². The van der Waals surface area contributed by atoms with Crippen LogP contribution in [0.5, 0.6) is 0 Å². The third kappa shape index (κ3) is 5.05. The van der Waals surface area contributed by atoms with Gasteiger partial charge in [-0.25, -0.2) is 0 Å². The molecule has 0 atom stereocenters. The maximum atomic E-state index is 12.3. The first-order valence-corrected chi connectivity index (χ1v) is 11.2. The second-order valence-corrected chi connectivity index (χ2v) is 8.90. The number of rotatable bonds is 7. The number of thioether (sulfide) groups is 1. The SMILES string of the molecule is Cc1nnc(NC(=O)CSc2nnc(Cc3ccccc3)n2-c2ccc(Cl)cc2)s1. The average molecular weight is 457 g/mol. The number of amides is 1. The number of benzene rings is 2. The van der Waals surface area contributed by atoms with E-state index in [9.17, 15) is 4.79 Å². The Morgan fingerprint density at radius 1 is 1.07 bits per heavy atom. The lowest BCUT2D eigenvalue weighted by molar-refractivity contribution is -0.113. The summed E-state index contributed by atoms with van der Waals surface area (Å²) in [5.41, 5.74) is 2.01. The second-order valence-electron chi connectivity index (χ2n) is 6.34. The fourth-order valence-electron chi connectivity index (χ4n) is 2.77. The van der Waals surface area contributed by atoms with E-state index in [0.717, 1.165) is 22.1 Å². The molecule has 0 saturated carbocycles. The predicted octanol–water partition coefficient (Wildman–Crippen LogP) is 4.40. The minimum Gasteiger partial charge on any atom is -0.300 e. The van der Waals surface area contributed by atoms with E-state index in [1.165, 1.54) is 23.1 Å². The molecule has 1 N–H and O–H groups in total. The molecular weight excluding hydrogens is 440 g/mol. The summed E-state index contributed by atoms with van der Waals surface area (Å²) in [4.78, 5) is 12.3. The lowest BCUT2D eigenvalue weighted by Crippen LogP contribution is -2.14. The number of anilines is 1. The monoisotopic (exact) mass is 456 g/mol. The van der Waals surface area contributed by atoms with Gasteiger partial charge in [-0.1, -0.05) is 65.0 Å². The molecule has 30 heavy (non-hydrogen) atoms. The van der Waals surface area contributed by atoms with Crippen LogP contribution in [-0.4, -0.2) is 36.6 Å². The average Bonchev–Trinajstić information content (AvgIpc) is 3.33. The van der Waals surface area contributed by atoms with Crippen LogP contribution in [0.25, 0.3) is 5.69 Å². The van der Waals surface area contributed by atoms with Gasteiger partial charge >= 0.3 is 0 Å². The summed E-state index contributed by atoms with van der Waals surface area (Å²) in [6.07, 6.45) is 0.618. The van der Waals surface area contributed by atoms with Crippen LogP contribution in [-0.2, 0) is 11.2 Å². The lowest BCUT2D eigenvalue weighted by atomic mass is 10.1. The van der Waals surface area contributed by atoms with Crippen LogP contribution in [0.3, 0.4) is 0 Å². The first-order chi connectivity index (χ1) is 14.6. The quantitative estimate of drug-likeness (QED) is 0.415. The number of nitrogens with zero attached hydrogens (tertiary/aromatic N) is 5. The Kier molecular flexibility index (Phi) is 6.41. The van der Waals surface area contributed by atoms with E-state index in [0.29, 0.717) is 21.7 Å². The van der Waals surface area contributed by atoms with Crippen molar-refractivity contribution in [1.82, 2.24) is 25.0 Å². The minimum absolute atomic E-state index is 0.175. The Morgan fingerprint density at radius 2 is 1.83 bits per heavy atom. The molecular formula is C20H17ClN6OS2. The van der Waals surface area contributed by atoms with Gasteiger partial charge in [-0.2, -0.15) is 0 Å². The molecule has 2 heterocycles. The van der Waals surface area contributed by atoms with E-state index in [4.69, 9.17) is 11.6 Å². The summed E-state index contributed by atoms with van der Waals surface area (Å²) in [7, 11) is 0. The third-order valence-corrected chi connectivity index (χ3v) is 6.03. The van der Waals surface area contributed by atoms with E-state index in [1.807, 2.05) is 66.1 Å². The number of aromatic nitrogens is 5. The van der Waals surface area contributed by atoms with Crippen LogP contribution < -0.4 is 5.32 Å². The third-order valence-electron chi connectivity index (χ3n) is 4.10. The Hall–Kier alpha value is -2.75. The van der Waals surface area contributed by atoms with Crippen molar-refractivity contribution in [2.75, 3.05) is 11.1 Å². The molecule has 2 aromatic carbocycles. The molecule has 0 aliphatic heterocycles. The topological polar surface area (TPSA) is 85.6 Å². The molecule has 0 unspecified atom stereocenters. The normalized spacial score (nSPS) is 10.9. The van der Waals surface area contributed by atoms with Crippen molar-refractivity contribution >= 4 is 45.7 Å². The van der Waals surface area contributed by atoms with E-state index in [2.05, 4.69) is 25.7 Å². The molecule has 2 aromatic heterocycles. The van der Waals surface area contributed by atoms with Gasteiger partial charge in [-0.05, 0) is 36.8 Å². The van der Waals surface area contributed by atoms with Crippen molar-refractivity contribution in [2.24, 2.45) is 0 Å². The number of carbonyl (C=O) groups excluding carboxylic acids is 1. The van der Waals surface area contributed by atoms with Crippen LogP contribution in [0.4, 0.5) is 5.13 Å². The highest BCUT2D eigenvalue weighted by molar-refractivity contribution is 7.99. The van der Waals surface area contributed by atoms with Crippen LogP contribution in [0.15, 0.2) is 59.8 Å².